The van der Waals surface area contributed by atoms with Gasteiger partial charge in [-0.3, -0.25) is 4.79 Å². The number of ketones is 1. The minimum atomic E-state index is -0.0347. The monoisotopic (exact) mass is 315 g/mol. The molecule has 0 saturated carbocycles. The molecule has 2 aromatic heterocycles. The van der Waals surface area contributed by atoms with Gasteiger partial charge in [0.15, 0.2) is 22.5 Å². The Bertz CT molecular complexity index is 779. The van der Waals surface area contributed by atoms with Crippen molar-refractivity contribution in [2.75, 3.05) is 5.75 Å². The van der Waals surface area contributed by atoms with Crippen molar-refractivity contribution < 1.29 is 14.3 Å². The minimum Gasteiger partial charge on any atom is -0.508 e. The van der Waals surface area contributed by atoms with Crippen LogP contribution in [0.1, 0.15) is 10.4 Å². The second-order valence-electron chi connectivity index (χ2n) is 4.60. The molecular weight excluding hydrogens is 302 g/mol. The van der Waals surface area contributed by atoms with Gasteiger partial charge in [0, 0.05) is 12.6 Å². The second-order valence-corrected chi connectivity index (χ2v) is 5.54. The van der Waals surface area contributed by atoms with E-state index in [9.17, 15) is 9.90 Å². The summed E-state index contributed by atoms with van der Waals surface area (Å²) in [6, 6.07) is 9.78. The molecule has 0 aliphatic rings. The van der Waals surface area contributed by atoms with Gasteiger partial charge in [-0.05, 0) is 36.4 Å². The Morgan fingerprint density at radius 1 is 1.27 bits per heavy atom. The van der Waals surface area contributed by atoms with E-state index in [1.807, 2.05) is 7.05 Å². The van der Waals surface area contributed by atoms with Crippen LogP contribution in [0.4, 0.5) is 0 Å². The van der Waals surface area contributed by atoms with Crippen LogP contribution >= 0.6 is 11.8 Å². The number of hydrogen-bond donors (Lipinski definition) is 1. The molecule has 112 valence electrons. The Morgan fingerprint density at radius 3 is 2.73 bits per heavy atom. The first-order chi connectivity index (χ1) is 10.6. The molecule has 0 saturated heterocycles. The minimum absolute atomic E-state index is 0.0347. The van der Waals surface area contributed by atoms with Crippen LogP contribution in [0.2, 0.25) is 0 Å². The molecule has 3 aromatic rings. The number of furan rings is 1. The van der Waals surface area contributed by atoms with Crippen molar-refractivity contribution in [2.24, 2.45) is 7.05 Å². The number of aromatic nitrogens is 3. The molecule has 0 amide bonds. The first-order valence-corrected chi connectivity index (χ1v) is 7.52. The molecule has 0 radical (unpaired) electrons. The highest BCUT2D eigenvalue weighted by Gasteiger charge is 2.15. The molecule has 1 N–H and O–H groups in total. The highest BCUT2D eigenvalue weighted by molar-refractivity contribution is 7.99. The third-order valence-electron chi connectivity index (χ3n) is 3.10. The van der Waals surface area contributed by atoms with Crippen molar-refractivity contribution in [3.05, 3.63) is 48.2 Å². The molecule has 2 heterocycles. The number of aromatic hydroxyl groups is 1. The van der Waals surface area contributed by atoms with Gasteiger partial charge < -0.3 is 14.1 Å². The number of rotatable bonds is 5. The number of phenols is 1. The van der Waals surface area contributed by atoms with Crippen molar-refractivity contribution in [1.29, 1.82) is 0 Å². The topological polar surface area (TPSA) is 81.2 Å². The third-order valence-corrected chi connectivity index (χ3v) is 4.12. The van der Waals surface area contributed by atoms with Crippen LogP contribution in [-0.4, -0.2) is 31.4 Å². The molecule has 3 rings (SSSR count). The van der Waals surface area contributed by atoms with E-state index in [4.69, 9.17) is 4.42 Å². The number of thioether (sulfide) groups is 1. The Hall–Kier alpha value is -2.54. The van der Waals surface area contributed by atoms with Crippen molar-refractivity contribution in [3.8, 4) is 17.3 Å². The van der Waals surface area contributed by atoms with Crippen molar-refractivity contribution in [3.63, 3.8) is 0 Å². The smallest absolute Gasteiger partial charge is 0.200 e. The fourth-order valence-corrected chi connectivity index (χ4v) is 2.73. The van der Waals surface area contributed by atoms with Gasteiger partial charge in [0.25, 0.3) is 0 Å². The van der Waals surface area contributed by atoms with Gasteiger partial charge in [-0.1, -0.05) is 11.8 Å². The maximum atomic E-state index is 12.1. The van der Waals surface area contributed by atoms with Crippen LogP contribution in [0.25, 0.3) is 11.6 Å². The zero-order chi connectivity index (χ0) is 15.5. The van der Waals surface area contributed by atoms with Gasteiger partial charge in [0.1, 0.15) is 5.75 Å². The normalized spacial score (nSPS) is 10.8. The summed E-state index contributed by atoms with van der Waals surface area (Å²) >= 11 is 1.31. The largest absolute Gasteiger partial charge is 0.508 e. The molecule has 1 aromatic carbocycles. The summed E-state index contributed by atoms with van der Waals surface area (Å²) in [5.74, 6) is 1.60. The zero-order valence-corrected chi connectivity index (χ0v) is 12.6. The molecule has 7 heteroatoms. The van der Waals surface area contributed by atoms with Crippen LogP contribution in [0.5, 0.6) is 5.75 Å². The maximum Gasteiger partial charge on any atom is 0.200 e. The average Bonchev–Trinajstić information content (AvgIpc) is 3.15. The Labute approximate surface area is 130 Å². The molecule has 0 spiro atoms. The summed E-state index contributed by atoms with van der Waals surface area (Å²) in [7, 11) is 1.82. The van der Waals surface area contributed by atoms with Gasteiger partial charge in [0.05, 0.1) is 12.0 Å². The predicted molar refractivity (Wildman–Crippen MR) is 81.9 cm³/mol. The molecule has 0 aliphatic carbocycles. The maximum absolute atomic E-state index is 12.1. The molecule has 0 fully saturated rings. The second kappa shape index (κ2) is 6.07. The van der Waals surface area contributed by atoms with E-state index in [2.05, 4.69) is 10.2 Å². The predicted octanol–water partition coefficient (Wildman–Crippen LogP) is 2.76. The molecule has 0 atom stereocenters. The molecule has 0 bridgehead atoms. The Balaban J connectivity index is 1.69. The number of benzene rings is 1. The summed E-state index contributed by atoms with van der Waals surface area (Å²) in [4.78, 5) is 12.1. The molecular formula is C15H13N3O3S. The van der Waals surface area contributed by atoms with Crippen molar-refractivity contribution in [1.82, 2.24) is 14.8 Å². The summed E-state index contributed by atoms with van der Waals surface area (Å²) < 4.78 is 7.08. The van der Waals surface area contributed by atoms with Crippen molar-refractivity contribution >= 4 is 17.5 Å². The highest BCUT2D eigenvalue weighted by atomic mass is 32.2. The van der Waals surface area contributed by atoms with Crippen molar-refractivity contribution in [2.45, 2.75) is 5.16 Å². The number of carbonyl (C=O) groups is 1. The van der Waals surface area contributed by atoms with E-state index in [0.29, 0.717) is 22.3 Å². The van der Waals surface area contributed by atoms with E-state index >= 15 is 0 Å². The van der Waals surface area contributed by atoms with Gasteiger partial charge in [-0.2, -0.15) is 0 Å². The number of phenolic OH excluding ortho intramolecular Hbond substituents is 1. The fraction of sp³-hybridized carbons (Fsp3) is 0.133. The van der Waals surface area contributed by atoms with E-state index in [1.54, 1.807) is 35.1 Å². The lowest BCUT2D eigenvalue weighted by Crippen LogP contribution is -2.03. The summed E-state index contributed by atoms with van der Waals surface area (Å²) in [5.41, 5.74) is 0.554. The Morgan fingerprint density at radius 2 is 2.05 bits per heavy atom. The van der Waals surface area contributed by atoms with Gasteiger partial charge in [0.2, 0.25) is 0 Å². The molecule has 6 nitrogen and oxygen atoms in total. The van der Waals surface area contributed by atoms with Crippen LogP contribution in [0.3, 0.4) is 0 Å². The number of nitrogens with zero attached hydrogens (tertiary/aromatic N) is 3. The Kier molecular flexibility index (Phi) is 3.97. The SMILES string of the molecule is Cn1c(SCC(=O)c2ccc(O)cc2)nnc1-c1ccco1. The van der Waals surface area contributed by atoms with E-state index in [-0.39, 0.29) is 17.3 Å². The van der Waals surface area contributed by atoms with Gasteiger partial charge in [-0.25, -0.2) is 0 Å². The standard InChI is InChI=1S/C15H13N3O3S/c1-18-14(13-3-2-8-21-13)16-17-15(18)22-9-12(20)10-4-6-11(19)7-5-10/h2-8,19H,9H2,1H3. The highest BCUT2D eigenvalue weighted by Crippen LogP contribution is 2.23. The van der Waals surface area contributed by atoms with Gasteiger partial charge >= 0.3 is 0 Å². The van der Waals surface area contributed by atoms with Gasteiger partial charge in [-0.15, -0.1) is 10.2 Å². The fourth-order valence-electron chi connectivity index (χ4n) is 1.92. The lowest BCUT2D eigenvalue weighted by Gasteiger charge is -2.02. The average molecular weight is 315 g/mol. The first kappa shape index (κ1) is 14.4. The van der Waals surface area contributed by atoms with E-state index in [1.165, 1.54) is 23.9 Å². The lowest BCUT2D eigenvalue weighted by molar-refractivity contribution is 0.102. The molecule has 0 unspecified atom stereocenters. The van der Waals surface area contributed by atoms with E-state index < -0.39 is 0 Å². The summed E-state index contributed by atoms with van der Waals surface area (Å²) in [6.45, 7) is 0. The first-order valence-electron chi connectivity index (χ1n) is 6.53. The molecule has 22 heavy (non-hydrogen) atoms. The number of hydrogen-bond acceptors (Lipinski definition) is 6. The summed E-state index contributed by atoms with van der Waals surface area (Å²) in [5, 5.41) is 18.0. The summed E-state index contributed by atoms with van der Waals surface area (Å²) in [6.07, 6.45) is 1.57. The molecule has 0 aliphatic heterocycles. The van der Waals surface area contributed by atoms with E-state index in [0.717, 1.165) is 0 Å². The van der Waals surface area contributed by atoms with Crippen LogP contribution in [-0.2, 0) is 7.05 Å². The zero-order valence-electron chi connectivity index (χ0n) is 11.8. The van der Waals surface area contributed by atoms with Crippen LogP contribution < -0.4 is 0 Å². The van der Waals surface area contributed by atoms with Crippen LogP contribution in [0.15, 0.2) is 52.2 Å². The third kappa shape index (κ3) is 2.89. The number of carbonyl (C=O) groups excluding carboxylic acids is 1. The lowest BCUT2D eigenvalue weighted by atomic mass is 10.1. The van der Waals surface area contributed by atoms with Crippen LogP contribution in [0, 0.1) is 0 Å². The number of Topliss-reactive ketones (excluding diaryl/α,β-unsaturated/α-hetero) is 1. The quantitative estimate of drug-likeness (QED) is 0.576.